The number of anilines is 1. The SMILES string of the molecule is CCOc1cc(/C=C2\C(=O)NC(=O)N(c3ccc(CC)cc3)C2=O)ccc1Cc1cc(C)cc(C)c1. The summed E-state index contributed by atoms with van der Waals surface area (Å²) in [6, 6.07) is 18.5. The van der Waals surface area contributed by atoms with E-state index in [-0.39, 0.29) is 5.57 Å². The van der Waals surface area contributed by atoms with Crippen molar-refractivity contribution in [3.63, 3.8) is 0 Å². The number of hydrogen-bond acceptors (Lipinski definition) is 4. The highest BCUT2D eigenvalue weighted by Gasteiger charge is 2.36. The summed E-state index contributed by atoms with van der Waals surface area (Å²) in [7, 11) is 0. The summed E-state index contributed by atoms with van der Waals surface area (Å²) in [6.07, 6.45) is 3.04. The van der Waals surface area contributed by atoms with Crippen molar-refractivity contribution >= 4 is 29.6 Å². The first-order valence-corrected chi connectivity index (χ1v) is 12.1. The van der Waals surface area contributed by atoms with E-state index in [2.05, 4.69) is 37.4 Å². The van der Waals surface area contributed by atoms with Gasteiger partial charge in [-0.2, -0.15) is 0 Å². The minimum atomic E-state index is -0.759. The predicted molar refractivity (Wildman–Crippen MR) is 141 cm³/mol. The van der Waals surface area contributed by atoms with Crippen molar-refractivity contribution < 1.29 is 19.1 Å². The number of ether oxygens (including phenoxy) is 1. The molecule has 1 saturated heterocycles. The van der Waals surface area contributed by atoms with E-state index in [4.69, 9.17) is 4.74 Å². The number of amides is 4. The zero-order valence-corrected chi connectivity index (χ0v) is 21.1. The van der Waals surface area contributed by atoms with Gasteiger partial charge in [0, 0.05) is 6.42 Å². The Balaban J connectivity index is 1.66. The normalized spacial score (nSPS) is 14.8. The van der Waals surface area contributed by atoms with E-state index in [1.807, 2.05) is 44.2 Å². The minimum absolute atomic E-state index is 0.112. The molecule has 184 valence electrons. The molecule has 0 aliphatic carbocycles. The molecule has 1 fully saturated rings. The number of urea groups is 1. The van der Waals surface area contributed by atoms with Gasteiger partial charge in [0.2, 0.25) is 0 Å². The Bertz CT molecular complexity index is 1340. The monoisotopic (exact) mass is 482 g/mol. The van der Waals surface area contributed by atoms with Crippen LogP contribution in [-0.2, 0) is 22.4 Å². The molecule has 0 spiro atoms. The average Bonchev–Trinajstić information content (AvgIpc) is 2.83. The first kappa shape index (κ1) is 24.9. The first-order valence-electron chi connectivity index (χ1n) is 12.1. The number of rotatable bonds is 7. The highest BCUT2D eigenvalue weighted by Crippen LogP contribution is 2.27. The third-order valence-electron chi connectivity index (χ3n) is 6.08. The maximum Gasteiger partial charge on any atom is 0.335 e. The third kappa shape index (κ3) is 5.38. The van der Waals surface area contributed by atoms with Crippen LogP contribution in [0.25, 0.3) is 6.08 Å². The number of carbonyl (C=O) groups is 3. The van der Waals surface area contributed by atoms with Gasteiger partial charge < -0.3 is 4.74 Å². The van der Waals surface area contributed by atoms with Crippen molar-refractivity contribution in [3.8, 4) is 5.75 Å². The van der Waals surface area contributed by atoms with Crippen molar-refractivity contribution in [2.45, 2.75) is 40.5 Å². The number of barbiturate groups is 1. The second kappa shape index (κ2) is 10.6. The van der Waals surface area contributed by atoms with E-state index >= 15 is 0 Å². The number of imide groups is 2. The lowest BCUT2D eigenvalue weighted by atomic mass is 9.98. The molecule has 4 rings (SSSR count). The molecule has 4 amide bonds. The fourth-order valence-electron chi connectivity index (χ4n) is 4.43. The molecule has 0 atom stereocenters. The smallest absolute Gasteiger partial charge is 0.335 e. The van der Waals surface area contributed by atoms with E-state index in [1.54, 1.807) is 12.1 Å². The molecule has 0 unspecified atom stereocenters. The Morgan fingerprint density at radius 2 is 1.56 bits per heavy atom. The number of hydrogen-bond donors (Lipinski definition) is 1. The maximum absolute atomic E-state index is 13.2. The summed E-state index contributed by atoms with van der Waals surface area (Å²) in [4.78, 5) is 39.3. The van der Waals surface area contributed by atoms with Crippen molar-refractivity contribution in [3.05, 3.63) is 99.6 Å². The van der Waals surface area contributed by atoms with Gasteiger partial charge >= 0.3 is 6.03 Å². The molecule has 6 heteroatoms. The largest absolute Gasteiger partial charge is 0.494 e. The highest BCUT2D eigenvalue weighted by molar-refractivity contribution is 6.39. The number of nitrogens with one attached hydrogen (secondary N) is 1. The van der Waals surface area contributed by atoms with Crippen LogP contribution in [-0.4, -0.2) is 24.5 Å². The fraction of sp³-hybridized carbons (Fsp3) is 0.233. The van der Waals surface area contributed by atoms with Crippen LogP contribution in [0.3, 0.4) is 0 Å². The molecule has 1 aliphatic heterocycles. The zero-order valence-electron chi connectivity index (χ0n) is 21.1. The van der Waals surface area contributed by atoms with Crippen LogP contribution in [0.15, 0.2) is 66.2 Å². The van der Waals surface area contributed by atoms with Crippen molar-refractivity contribution in [1.29, 1.82) is 0 Å². The van der Waals surface area contributed by atoms with Gasteiger partial charge in [-0.15, -0.1) is 0 Å². The number of benzene rings is 3. The molecule has 1 N–H and O–H groups in total. The molecule has 1 aliphatic rings. The summed E-state index contributed by atoms with van der Waals surface area (Å²) < 4.78 is 5.90. The van der Waals surface area contributed by atoms with Crippen LogP contribution >= 0.6 is 0 Å². The van der Waals surface area contributed by atoms with E-state index in [9.17, 15) is 14.4 Å². The lowest BCUT2D eigenvalue weighted by molar-refractivity contribution is -0.122. The van der Waals surface area contributed by atoms with Crippen LogP contribution in [0.4, 0.5) is 10.5 Å². The topological polar surface area (TPSA) is 75.7 Å². The van der Waals surface area contributed by atoms with Gasteiger partial charge in [0.15, 0.2) is 0 Å². The van der Waals surface area contributed by atoms with Crippen LogP contribution in [0, 0.1) is 13.8 Å². The molecular weight excluding hydrogens is 452 g/mol. The van der Waals surface area contributed by atoms with Gasteiger partial charge in [-0.05, 0) is 73.7 Å². The zero-order chi connectivity index (χ0) is 25.8. The van der Waals surface area contributed by atoms with Crippen LogP contribution in [0.2, 0.25) is 0 Å². The van der Waals surface area contributed by atoms with Gasteiger partial charge in [0.1, 0.15) is 11.3 Å². The summed E-state index contributed by atoms with van der Waals surface area (Å²) in [6.45, 7) is 8.57. The lowest BCUT2D eigenvalue weighted by Crippen LogP contribution is -2.54. The summed E-state index contributed by atoms with van der Waals surface area (Å²) in [5, 5.41) is 2.28. The molecule has 0 bridgehead atoms. The minimum Gasteiger partial charge on any atom is -0.494 e. The second-order valence-corrected chi connectivity index (χ2v) is 8.95. The summed E-state index contributed by atoms with van der Waals surface area (Å²) >= 11 is 0. The molecule has 3 aromatic carbocycles. The molecular formula is C30H30N2O4. The van der Waals surface area contributed by atoms with E-state index in [0.717, 1.165) is 22.4 Å². The van der Waals surface area contributed by atoms with Gasteiger partial charge in [-0.1, -0.05) is 60.5 Å². The molecule has 1 heterocycles. The Morgan fingerprint density at radius 3 is 2.19 bits per heavy atom. The Hall–Kier alpha value is -4.19. The molecule has 0 saturated carbocycles. The molecule has 0 radical (unpaired) electrons. The Labute approximate surface area is 211 Å². The molecule has 3 aromatic rings. The van der Waals surface area contributed by atoms with Crippen LogP contribution in [0.5, 0.6) is 5.75 Å². The molecule has 36 heavy (non-hydrogen) atoms. The van der Waals surface area contributed by atoms with Crippen LogP contribution in [0.1, 0.15) is 47.2 Å². The quantitative estimate of drug-likeness (QED) is 0.355. The first-order chi connectivity index (χ1) is 17.3. The summed E-state index contributed by atoms with van der Waals surface area (Å²) in [5.74, 6) is -0.688. The van der Waals surface area contributed by atoms with Crippen LogP contribution < -0.4 is 15.0 Å². The van der Waals surface area contributed by atoms with Crippen molar-refractivity contribution in [2.75, 3.05) is 11.5 Å². The van der Waals surface area contributed by atoms with Gasteiger partial charge in [-0.25, -0.2) is 9.69 Å². The standard InChI is InChI=1S/C30H30N2O4/c1-5-21-8-11-25(12-9-21)32-29(34)26(28(33)31-30(32)35)17-22-7-10-24(27(18-22)36-6-2)16-23-14-19(3)13-20(4)15-23/h7-15,17-18H,5-6,16H2,1-4H3,(H,31,33,35)/b26-17+. The average molecular weight is 483 g/mol. The van der Waals surface area contributed by atoms with E-state index < -0.39 is 17.8 Å². The molecule has 6 nitrogen and oxygen atoms in total. The number of aryl methyl sites for hydroxylation is 3. The van der Waals surface area contributed by atoms with Crippen molar-refractivity contribution in [1.82, 2.24) is 5.32 Å². The van der Waals surface area contributed by atoms with E-state index in [1.165, 1.54) is 22.8 Å². The highest BCUT2D eigenvalue weighted by atomic mass is 16.5. The maximum atomic E-state index is 13.2. The summed E-state index contributed by atoms with van der Waals surface area (Å²) in [5.41, 5.74) is 6.62. The predicted octanol–water partition coefficient (Wildman–Crippen LogP) is 5.52. The lowest BCUT2D eigenvalue weighted by Gasteiger charge is -2.26. The van der Waals surface area contributed by atoms with Crippen molar-refractivity contribution in [2.24, 2.45) is 0 Å². The Kier molecular flexibility index (Phi) is 7.34. The second-order valence-electron chi connectivity index (χ2n) is 8.95. The van der Waals surface area contributed by atoms with Gasteiger partial charge in [-0.3, -0.25) is 14.9 Å². The number of carbonyl (C=O) groups excluding carboxylic acids is 3. The Morgan fingerprint density at radius 1 is 0.861 bits per heavy atom. The third-order valence-corrected chi connectivity index (χ3v) is 6.08. The van der Waals surface area contributed by atoms with E-state index in [0.29, 0.717) is 30.0 Å². The number of nitrogens with zero attached hydrogens (tertiary/aromatic N) is 1. The molecule has 0 aromatic heterocycles. The fourth-order valence-corrected chi connectivity index (χ4v) is 4.43. The van der Waals surface area contributed by atoms with Gasteiger partial charge in [0.25, 0.3) is 11.8 Å². The van der Waals surface area contributed by atoms with Gasteiger partial charge in [0.05, 0.1) is 12.3 Å².